The van der Waals surface area contributed by atoms with Crippen LogP contribution in [0.25, 0.3) is 0 Å². The molecule has 0 radical (unpaired) electrons. The van der Waals surface area contributed by atoms with Crippen molar-refractivity contribution in [3.8, 4) is 0 Å². The normalized spacial score (nSPS) is 19.9. The zero-order valence-corrected chi connectivity index (χ0v) is 10.3. The van der Waals surface area contributed by atoms with E-state index in [0.717, 1.165) is 25.1 Å². The SMILES string of the molecule is Cc1ccc(N2CCCC(C)(C)C2=O)cc1. The molecular weight excluding hydrogens is 198 g/mol. The van der Waals surface area contributed by atoms with Crippen LogP contribution in [-0.2, 0) is 4.79 Å². The number of hydrogen-bond acceptors (Lipinski definition) is 1. The highest BCUT2D eigenvalue weighted by molar-refractivity contribution is 5.97. The van der Waals surface area contributed by atoms with Crippen LogP contribution in [-0.4, -0.2) is 12.5 Å². The largest absolute Gasteiger partial charge is 0.312 e. The lowest BCUT2D eigenvalue weighted by atomic mass is 9.83. The summed E-state index contributed by atoms with van der Waals surface area (Å²) in [4.78, 5) is 14.2. The molecule has 0 saturated carbocycles. The predicted molar refractivity (Wildman–Crippen MR) is 66.5 cm³/mol. The summed E-state index contributed by atoms with van der Waals surface area (Å²) >= 11 is 0. The number of carbonyl (C=O) groups excluding carboxylic acids is 1. The maximum Gasteiger partial charge on any atom is 0.232 e. The van der Waals surface area contributed by atoms with Gasteiger partial charge in [0, 0.05) is 17.6 Å². The quantitative estimate of drug-likeness (QED) is 0.707. The first-order valence-corrected chi connectivity index (χ1v) is 5.89. The van der Waals surface area contributed by atoms with Crippen molar-refractivity contribution in [3.05, 3.63) is 29.8 Å². The summed E-state index contributed by atoms with van der Waals surface area (Å²) in [6, 6.07) is 8.19. The van der Waals surface area contributed by atoms with E-state index in [4.69, 9.17) is 0 Å². The van der Waals surface area contributed by atoms with Crippen molar-refractivity contribution < 1.29 is 4.79 Å². The molecule has 0 atom stereocenters. The number of hydrogen-bond donors (Lipinski definition) is 0. The van der Waals surface area contributed by atoms with E-state index in [-0.39, 0.29) is 11.3 Å². The number of amides is 1. The third kappa shape index (κ3) is 1.97. The monoisotopic (exact) mass is 217 g/mol. The molecule has 0 bridgehead atoms. The number of aryl methyl sites for hydroxylation is 1. The Morgan fingerprint density at radius 1 is 1.19 bits per heavy atom. The number of anilines is 1. The zero-order chi connectivity index (χ0) is 11.8. The van der Waals surface area contributed by atoms with Crippen LogP contribution in [0, 0.1) is 12.3 Å². The van der Waals surface area contributed by atoms with Gasteiger partial charge in [-0.15, -0.1) is 0 Å². The van der Waals surface area contributed by atoms with Crippen molar-refractivity contribution in [1.29, 1.82) is 0 Å². The van der Waals surface area contributed by atoms with Crippen molar-refractivity contribution in [3.63, 3.8) is 0 Å². The summed E-state index contributed by atoms with van der Waals surface area (Å²) in [6.45, 7) is 6.99. The molecule has 0 N–H and O–H groups in total. The summed E-state index contributed by atoms with van der Waals surface area (Å²) in [5.41, 5.74) is 2.05. The van der Waals surface area contributed by atoms with E-state index < -0.39 is 0 Å². The predicted octanol–water partition coefficient (Wildman–Crippen LogP) is 3.15. The van der Waals surface area contributed by atoms with Crippen LogP contribution >= 0.6 is 0 Å². The van der Waals surface area contributed by atoms with Gasteiger partial charge in [-0.3, -0.25) is 4.79 Å². The molecular formula is C14H19NO. The molecule has 1 fully saturated rings. The van der Waals surface area contributed by atoms with Crippen molar-refractivity contribution >= 4 is 11.6 Å². The number of rotatable bonds is 1. The van der Waals surface area contributed by atoms with Gasteiger partial charge in [-0.25, -0.2) is 0 Å². The fourth-order valence-electron chi connectivity index (χ4n) is 2.22. The standard InChI is InChI=1S/C14H19NO/c1-11-5-7-12(8-6-11)15-10-4-9-14(2,3)13(15)16/h5-8H,4,9-10H2,1-3H3. The Bertz CT molecular complexity index is 392. The molecule has 0 aliphatic carbocycles. The van der Waals surface area contributed by atoms with E-state index in [0.29, 0.717) is 0 Å². The fraction of sp³-hybridized carbons (Fsp3) is 0.500. The van der Waals surface area contributed by atoms with E-state index in [1.54, 1.807) is 0 Å². The molecule has 1 amide bonds. The molecule has 2 heteroatoms. The second-order valence-corrected chi connectivity index (χ2v) is 5.28. The van der Waals surface area contributed by atoms with Gasteiger partial charge in [0.05, 0.1) is 0 Å². The summed E-state index contributed by atoms with van der Waals surface area (Å²) in [5, 5.41) is 0. The second-order valence-electron chi connectivity index (χ2n) is 5.28. The highest BCUT2D eigenvalue weighted by Gasteiger charge is 2.35. The lowest BCUT2D eigenvalue weighted by molar-refractivity contribution is -0.128. The Morgan fingerprint density at radius 3 is 2.44 bits per heavy atom. The van der Waals surface area contributed by atoms with Crippen LogP contribution in [0.5, 0.6) is 0 Å². The maximum atomic E-state index is 12.3. The Balaban J connectivity index is 2.27. The van der Waals surface area contributed by atoms with Gasteiger partial charge in [-0.05, 0) is 31.9 Å². The molecule has 1 aromatic rings. The van der Waals surface area contributed by atoms with Crippen molar-refractivity contribution in [2.24, 2.45) is 5.41 Å². The van der Waals surface area contributed by atoms with Gasteiger partial charge in [0.2, 0.25) is 5.91 Å². The lowest BCUT2D eigenvalue weighted by Crippen LogP contribution is -2.46. The van der Waals surface area contributed by atoms with Gasteiger partial charge in [0.25, 0.3) is 0 Å². The summed E-state index contributed by atoms with van der Waals surface area (Å²) in [6.07, 6.45) is 2.08. The first-order valence-electron chi connectivity index (χ1n) is 5.89. The molecule has 16 heavy (non-hydrogen) atoms. The third-order valence-electron chi connectivity index (χ3n) is 3.35. The van der Waals surface area contributed by atoms with E-state index in [1.165, 1.54) is 5.56 Å². The van der Waals surface area contributed by atoms with Gasteiger partial charge < -0.3 is 4.90 Å². The van der Waals surface area contributed by atoms with E-state index in [9.17, 15) is 4.79 Å². The fourth-order valence-corrected chi connectivity index (χ4v) is 2.22. The average Bonchev–Trinajstić information content (AvgIpc) is 2.24. The highest BCUT2D eigenvalue weighted by atomic mass is 16.2. The first-order chi connectivity index (χ1) is 7.50. The molecule has 1 aliphatic rings. The van der Waals surface area contributed by atoms with Crippen LogP contribution in [0.2, 0.25) is 0 Å². The van der Waals surface area contributed by atoms with Gasteiger partial charge in [-0.1, -0.05) is 31.5 Å². The zero-order valence-electron chi connectivity index (χ0n) is 10.3. The van der Waals surface area contributed by atoms with Crippen molar-refractivity contribution in [1.82, 2.24) is 0 Å². The van der Waals surface area contributed by atoms with E-state index >= 15 is 0 Å². The Morgan fingerprint density at radius 2 is 1.81 bits per heavy atom. The van der Waals surface area contributed by atoms with Crippen LogP contribution < -0.4 is 4.90 Å². The molecule has 0 spiro atoms. The minimum absolute atomic E-state index is 0.205. The minimum atomic E-state index is -0.205. The molecule has 0 unspecified atom stereocenters. The smallest absolute Gasteiger partial charge is 0.232 e. The van der Waals surface area contributed by atoms with Crippen LogP contribution in [0.15, 0.2) is 24.3 Å². The van der Waals surface area contributed by atoms with Gasteiger partial charge in [0.15, 0.2) is 0 Å². The number of carbonyl (C=O) groups is 1. The number of nitrogens with zero attached hydrogens (tertiary/aromatic N) is 1. The van der Waals surface area contributed by atoms with Crippen LogP contribution in [0.4, 0.5) is 5.69 Å². The van der Waals surface area contributed by atoms with Crippen molar-refractivity contribution in [2.75, 3.05) is 11.4 Å². The lowest BCUT2D eigenvalue weighted by Gasteiger charge is -2.37. The number of benzene rings is 1. The minimum Gasteiger partial charge on any atom is -0.312 e. The summed E-state index contributed by atoms with van der Waals surface area (Å²) in [7, 11) is 0. The Kier molecular flexibility index (Phi) is 2.75. The Hall–Kier alpha value is -1.31. The summed E-state index contributed by atoms with van der Waals surface area (Å²) in [5.74, 6) is 0.252. The Labute approximate surface area is 97.3 Å². The van der Waals surface area contributed by atoms with Gasteiger partial charge in [0.1, 0.15) is 0 Å². The van der Waals surface area contributed by atoms with Gasteiger partial charge >= 0.3 is 0 Å². The average molecular weight is 217 g/mol. The topological polar surface area (TPSA) is 20.3 Å². The highest BCUT2D eigenvalue weighted by Crippen LogP contribution is 2.32. The molecule has 0 aromatic heterocycles. The third-order valence-corrected chi connectivity index (χ3v) is 3.35. The molecule has 86 valence electrons. The number of piperidine rings is 1. The van der Waals surface area contributed by atoms with E-state index in [1.807, 2.05) is 30.9 Å². The molecule has 1 aliphatic heterocycles. The molecule has 1 aromatic carbocycles. The molecule has 1 saturated heterocycles. The molecule has 2 nitrogen and oxygen atoms in total. The van der Waals surface area contributed by atoms with E-state index in [2.05, 4.69) is 19.1 Å². The van der Waals surface area contributed by atoms with Crippen LogP contribution in [0.3, 0.4) is 0 Å². The summed E-state index contributed by atoms with van der Waals surface area (Å²) < 4.78 is 0. The van der Waals surface area contributed by atoms with Crippen LogP contribution in [0.1, 0.15) is 32.3 Å². The molecule has 1 heterocycles. The first kappa shape index (κ1) is 11.2. The molecule has 2 rings (SSSR count). The van der Waals surface area contributed by atoms with Gasteiger partial charge in [-0.2, -0.15) is 0 Å². The second kappa shape index (κ2) is 3.93. The maximum absolute atomic E-state index is 12.3. The van der Waals surface area contributed by atoms with Crippen molar-refractivity contribution in [2.45, 2.75) is 33.6 Å².